The Hall–Kier alpha value is -3.63. The van der Waals surface area contributed by atoms with Crippen LogP contribution in [-0.2, 0) is 28.9 Å². The predicted octanol–water partition coefficient (Wildman–Crippen LogP) is 6.44. The highest BCUT2D eigenvalue weighted by molar-refractivity contribution is 8.00. The monoisotopic (exact) mass is 549 g/mol. The maximum Gasteiger partial charge on any atom is 0.341 e. The molecule has 2 heterocycles. The number of esters is 1. The SMILES string of the molecule is CCOC(=O)c1c(NC(=O)C(C)Sc2cn(Cc3ccc([N+](=O)[O-])cc3)c3ccccc23)sc2c1CCC2. The second kappa shape index (κ2) is 11.0. The first-order valence-electron chi connectivity index (χ1n) is 12.5. The molecule has 0 saturated carbocycles. The number of hydrogen-bond acceptors (Lipinski definition) is 7. The Balaban J connectivity index is 1.35. The summed E-state index contributed by atoms with van der Waals surface area (Å²) < 4.78 is 7.37. The number of nitro benzene ring substituents is 1. The number of hydrogen-bond donors (Lipinski definition) is 1. The van der Waals surface area contributed by atoms with E-state index in [2.05, 4.69) is 9.88 Å². The van der Waals surface area contributed by atoms with Gasteiger partial charge in [-0.3, -0.25) is 14.9 Å². The Morgan fingerprint density at radius 2 is 1.95 bits per heavy atom. The molecule has 1 atom stereocenters. The number of aromatic nitrogens is 1. The zero-order valence-electron chi connectivity index (χ0n) is 21.1. The number of non-ortho nitro benzene ring substituents is 1. The molecule has 38 heavy (non-hydrogen) atoms. The van der Waals surface area contributed by atoms with E-state index in [0.29, 0.717) is 17.1 Å². The summed E-state index contributed by atoms with van der Waals surface area (Å²) in [4.78, 5) is 38.6. The first kappa shape index (κ1) is 26.0. The van der Waals surface area contributed by atoms with Gasteiger partial charge < -0.3 is 14.6 Å². The van der Waals surface area contributed by atoms with Crippen molar-refractivity contribution in [3.8, 4) is 0 Å². The minimum absolute atomic E-state index is 0.0595. The topological polar surface area (TPSA) is 103 Å². The predicted molar refractivity (Wildman–Crippen MR) is 150 cm³/mol. The van der Waals surface area contributed by atoms with E-state index in [4.69, 9.17) is 4.74 Å². The van der Waals surface area contributed by atoms with E-state index in [1.54, 1.807) is 19.1 Å². The van der Waals surface area contributed by atoms with Crippen LogP contribution in [0.5, 0.6) is 0 Å². The molecule has 1 unspecified atom stereocenters. The van der Waals surface area contributed by atoms with E-state index in [0.717, 1.165) is 51.1 Å². The molecular weight excluding hydrogens is 522 g/mol. The average molecular weight is 550 g/mol. The molecule has 0 saturated heterocycles. The number of rotatable bonds is 9. The smallest absolute Gasteiger partial charge is 0.341 e. The minimum Gasteiger partial charge on any atom is -0.462 e. The van der Waals surface area contributed by atoms with Crippen molar-refractivity contribution in [3.63, 3.8) is 0 Å². The lowest BCUT2D eigenvalue weighted by Crippen LogP contribution is -2.23. The lowest BCUT2D eigenvalue weighted by molar-refractivity contribution is -0.384. The summed E-state index contributed by atoms with van der Waals surface area (Å²) in [6.45, 7) is 4.46. The number of nitrogens with one attached hydrogen (secondary N) is 1. The van der Waals surface area contributed by atoms with E-state index < -0.39 is 10.2 Å². The van der Waals surface area contributed by atoms with Gasteiger partial charge in [0.05, 0.1) is 22.3 Å². The molecule has 2 aromatic heterocycles. The molecule has 2 aromatic carbocycles. The van der Waals surface area contributed by atoms with Gasteiger partial charge in [-0.2, -0.15) is 0 Å². The number of nitro groups is 1. The Kier molecular flexibility index (Phi) is 7.53. The molecule has 0 aliphatic heterocycles. The van der Waals surface area contributed by atoms with Crippen LogP contribution in [0.3, 0.4) is 0 Å². The Morgan fingerprint density at radius 1 is 1.18 bits per heavy atom. The van der Waals surface area contributed by atoms with E-state index in [1.807, 2.05) is 37.4 Å². The number of amides is 1. The van der Waals surface area contributed by atoms with Gasteiger partial charge in [-0.05, 0) is 50.3 Å². The molecule has 4 aromatic rings. The van der Waals surface area contributed by atoms with Crippen molar-refractivity contribution in [2.24, 2.45) is 0 Å². The quantitative estimate of drug-likeness (QED) is 0.111. The number of aryl methyl sites for hydroxylation is 1. The van der Waals surface area contributed by atoms with Gasteiger partial charge in [-0.1, -0.05) is 30.3 Å². The van der Waals surface area contributed by atoms with Gasteiger partial charge in [0.1, 0.15) is 5.00 Å². The molecule has 5 rings (SSSR count). The maximum atomic E-state index is 13.3. The number of fused-ring (bicyclic) bond motifs is 2. The Labute approximate surface area is 228 Å². The van der Waals surface area contributed by atoms with Crippen LogP contribution in [-0.4, -0.2) is 33.2 Å². The van der Waals surface area contributed by atoms with Crippen molar-refractivity contribution in [2.45, 2.75) is 49.8 Å². The van der Waals surface area contributed by atoms with Gasteiger partial charge in [0.25, 0.3) is 5.69 Å². The molecule has 1 N–H and O–H groups in total. The first-order valence-corrected chi connectivity index (χ1v) is 14.2. The summed E-state index contributed by atoms with van der Waals surface area (Å²) in [6.07, 6.45) is 4.78. The molecular formula is C28H27N3O5S2. The van der Waals surface area contributed by atoms with Crippen LogP contribution in [0.25, 0.3) is 10.9 Å². The number of nitrogens with zero attached hydrogens (tertiary/aromatic N) is 2. The highest BCUT2D eigenvalue weighted by atomic mass is 32.2. The average Bonchev–Trinajstić information content (AvgIpc) is 3.58. The van der Waals surface area contributed by atoms with Crippen molar-refractivity contribution in [2.75, 3.05) is 11.9 Å². The summed E-state index contributed by atoms with van der Waals surface area (Å²) in [5.74, 6) is -0.551. The molecule has 0 bridgehead atoms. The number of anilines is 1. The van der Waals surface area contributed by atoms with Gasteiger partial charge in [0, 0.05) is 45.5 Å². The Bertz CT molecular complexity index is 1520. The third-order valence-electron chi connectivity index (χ3n) is 6.56. The van der Waals surface area contributed by atoms with Gasteiger partial charge in [-0.25, -0.2) is 4.79 Å². The second-order valence-corrected chi connectivity index (χ2v) is 11.6. The number of thioether (sulfide) groups is 1. The number of para-hydroxylation sites is 1. The summed E-state index contributed by atoms with van der Waals surface area (Å²) in [5, 5.41) is 15.2. The molecule has 1 amide bonds. The van der Waals surface area contributed by atoms with E-state index in [-0.39, 0.29) is 24.2 Å². The molecule has 10 heteroatoms. The van der Waals surface area contributed by atoms with E-state index in [1.165, 1.54) is 35.2 Å². The minimum atomic E-state index is -0.416. The number of thiophene rings is 1. The van der Waals surface area contributed by atoms with Crippen LogP contribution >= 0.6 is 23.1 Å². The Morgan fingerprint density at radius 3 is 2.68 bits per heavy atom. The van der Waals surface area contributed by atoms with Crippen molar-refractivity contribution >= 4 is 56.6 Å². The third-order valence-corrected chi connectivity index (χ3v) is 8.92. The van der Waals surface area contributed by atoms with Crippen LogP contribution in [0.15, 0.2) is 59.6 Å². The van der Waals surface area contributed by atoms with Crippen molar-refractivity contribution in [1.29, 1.82) is 0 Å². The fourth-order valence-electron chi connectivity index (χ4n) is 4.73. The van der Waals surface area contributed by atoms with E-state index >= 15 is 0 Å². The lowest BCUT2D eigenvalue weighted by Gasteiger charge is -2.12. The standard InChI is InChI=1S/C28H27N3O5S2/c1-3-36-28(33)25-21-8-6-10-23(21)38-27(25)29-26(32)17(2)37-24-16-30(22-9-5-4-7-20(22)24)15-18-11-13-19(14-12-18)31(34)35/h4-5,7,9,11-14,16-17H,3,6,8,10,15H2,1-2H3,(H,29,32). The van der Waals surface area contributed by atoms with Gasteiger partial charge >= 0.3 is 5.97 Å². The fraction of sp³-hybridized carbons (Fsp3) is 0.286. The summed E-state index contributed by atoms with van der Waals surface area (Å²) >= 11 is 2.94. The van der Waals surface area contributed by atoms with Gasteiger partial charge in [-0.15, -0.1) is 23.1 Å². The van der Waals surface area contributed by atoms with Gasteiger partial charge in [0.2, 0.25) is 5.91 Å². The second-order valence-electron chi connectivity index (χ2n) is 9.09. The largest absolute Gasteiger partial charge is 0.462 e. The van der Waals surface area contributed by atoms with Gasteiger partial charge in [0.15, 0.2) is 0 Å². The highest BCUT2D eigenvalue weighted by Crippen LogP contribution is 2.40. The number of benzene rings is 2. The molecule has 0 radical (unpaired) electrons. The normalized spacial score (nSPS) is 13.3. The molecule has 196 valence electrons. The molecule has 1 aliphatic carbocycles. The lowest BCUT2D eigenvalue weighted by atomic mass is 10.1. The zero-order valence-corrected chi connectivity index (χ0v) is 22.7. The molecule has 1 aliphatic rings. The summed E-state index contributed by atoms with van der Waals surface area (Å²) in [7, 11) is 0. The number of ether oxygens (including phenoxy) is 1. The fourth-order valence-corrected chi connectivity index (χ4v) is 7.04. The van der Waals surface area contributed by atoms with Crippen LogP contribution in [0.4, 0.5) is 10.7 Å². The van der Waals surface area contributed by atoms with Crippen LogP contribution in [0, 0.1) is 10.1 Å². The zero-order chi connectivity index (χ0) is 26.8. The van der Waals surface area contributed by atoms with Crippen LogP contribution in [0.2, 0.25) is 0 Å². The maximum absolute atomic E-state index is 13.3. The molecule has 8 nitrogen and oxygen atoms in total. The highest BCUT2D eigenvalue weighted by Gasteiger charge is 2.29. The van der Waals surface area contributed by atoms with Crippen molar-refractivity contribution in [3.05, 3.63) is 86.4 Å². The number of carbonyl (C=O) groups is 2. The first-order chi connectivity index (χ1) is 18.4. The van der Waals surface area contributed by atoms with E-state index in [9.17, 15) is 19.7 Å². The van der Waals surface area contributed by atoms with Crippen molar-refractivity contribution in [1.82, 2.24) is 4.57 Å². The van der Waals surface area contributed by atoms with Crippen LogP contribution in [0.1, 0.15) is 46.6 Å². The van der Waals surface area contributed by atoms with Crippen LogP contribution < -0.4 is 5.32 Å². The summed E-state index contributed by atoms with van der Waals surface area (Å²) in [5.41, 5.74) is 3.54. The molecule has 0 spiro atoms. The molecule has 0 fully saturated rings. The third kappa shape index (κ3) is 5.19. The summed E-state index contributed by atoms with van der Waals surface area (Å²) in [6, 6.07) is 14.5. The van der Waals surface area contributed by atoms with Crippen molar-refractivity contribution < 1.29 is 19.2 Å². The number of carbonyl (C=O) groups excluding carboxylic acids is 2.